The number of rotatable bonds is 5. The number of non-ortho nitro benzene ring substituents is 1. The Morgan fingerprint density at radius 2 is 1.56 bits per heavy atom. The summed E-state index contributed by atoms with van der Waals surface area (Å²) in [5.74, 6) is -0.196. The van der Waals surface area contributed by atoms with Crippen molar-refractivity contribution in [2.45, 2.75) is 32.6 Å². The summed E-state index contributed by atoms with van der Waals surface area (Å²) < 4.78 is 33.5. The summed E-state index contributed by atoms with van der Waals surface area (Å²) in [6.45, 7) is 8.02. The average Bonchev–Trinajstić information content (AvgIpc) is 2.76. The van der Waals surface area contributed by atoms with Crippen molar-refractivity contribution in [3.05, 3.63) is 62.2 Å². The van der Waals surface area contributed by atoms with Gasteiger partial charge in [0.25, 0.3) is 11.6 Å². The number of nitrogens with zero attached hydrogens (tertiary/aromatic N) is 3. The molecule has 0 radical (unpaired) electrons. The standard InChI is InChI=1S/C22H27N3O6S/c1-14-12-15(2)17(4)21(16(14)3)32(29,30)24-10-8-23(9-11-24)22(26)19-13-18(25(27)28)6-7-20(19)31-5/h6-7,12-13H,8-11H2,1-5H3. The SMILES string of the molecule is COc1ccc([N+](=O)[O-])cc1C(=O)N1CCN(S(=O)(=O)c2c(C)c(C)cc(C)c2C)CC1. The number of hydrogen-bond acceptors (Lipinski definition) is 6. The number of carbonyl (C=O) groups is 1. The molecule has 1 aliphatic rings. The first kappa shape index (κ1) is 23.7. The van der Waals surface area contributed by atoms with Crippen LogP contribution in [0, 0.1) is 37.8 Å². The summed E-state index contributed by atoms with van der Waals surface area (Å²) in [6.07, 6.45) is 0. The first-order chi connectivity index (χ1) is 15.0. The van der Waals surface area contributed by atoms with Gasteiger partial charge < -0.3 is 9.64 Å². The molecule has 0 saturated carbocycles. The number of amides is 1. The van der Waals surface area contributed by atoms with Crippen LogP contribution in [0.2, 0.25) is 0 Å². The number of benzene rings is 2. The van der Waals surface area contributed by atoms with Gasteiger partial charge in [0.1, 0.15) is 5.75 Å². The maximum absolute atomic E-state index is 13.4. The van der Waals surface area contributed by atoms with Crippen LogP contribution in [0.25, 0.3) is 0 Å². The Bertz CT molecular complexity index is 1160. The van der Waals surface area contributed by atoms with E-state index >= 15 is 0 Å². The number of nitro groups is 1. The Balaban J connectivity index is 1.84. The molecule has 1 heterocycles. The number of carbonyl (C=O) groups excluding carboxylic acids is 1. The molecular weight excluding hydrogens is 434 g/mol. The maximum Gasteiger partial charge on any atom is 0.270 e. The lowest BCUT2D eigenvalue weighted by molar-refractivity contribution is -0.384. The molecule has 2 aromatic rings. The predicted molar refractivity (Wildman–Crippen MR) is 120 cm³/mol. The van der Waals surface area contributed by atoms with Crippen LogP contribution in [0.5, 0.6) is 5.75 Å². The van der Waals surface area contributed by atoms with Gasteiger partial charge in [-0.05, 0) is 56.0 Å². The lowest BCUT2D eigenvalue weighted by Crippen LogP contribution is -2.50. The first-order valence-electron chi connectivity index (χ1n) is 10.2. The number of ether oxygens (including phenoxy) is 1. The predicted octanol–water partition coefficient (Wildman–Crippen LogP) is 2.98. The molecule has 0 aromatic heterocycles. The van der Waals surface area contributed by atoms with E-state index in [1.54, 1.807) is 0 Å². The van der Waals surface area contributed by atoms with Crippen LogP contribution >= 0.6 is 0 Å². The summed E-state index contributed by atoms with van der Waals surface area (Å²) in [5.41, 5.74) is 3.16. The Morgan fingerprint density at radius 3 is 2.06 bits per heavy atom. The van der Waals surface area contributed by atoms with Crippen LogP contribution in [-0.2, 0) is 10.0 Å². The molecule has 172 valence electrons. The molecular formula is C22H27N3O6S. The van der Waals surface area contributed by atoms with Crippen LogP contribution in [0.1, 0.15) is 32.6 Å². The van der Waals surface area contributed by atoms with E-state index in [0.717, 1.165) is 22.3 Å². The van der Waals surface area contributed by atoms with Gasteiger partial charge in [-0.2, -0.15) is 4.31 Å². The van der Waals surface area contributed by atoms with Crippen LogP contribution in [-0.4, -0.2) is 61.7 Å². The van der Waals surface area contributed by atoms with Gasteiger partial charge in [-0.1, -0.05) is 6.07 Å². The minimum atomic E-state index is -3.73. The highest BCUT2D eigenvalue weighted by Crippen LogP contribution is 2.30. The second-order valence-electron chi connectivity index (χ2n) is 7.93. The van der Waals surface area contributed by atoms with E-state index in [2.05, 4.69) is 0 Å². The molecule has 0 N–H and O–H groups in total. The van der Waals surface area contributed by atoms with Gasteiger partial charge in [0.05, 0.1) is 22.5 Å². The Morgan fingerprint density at radius 1 is 1.00 bits per heavy atom. The number of nitro benzene ring substituents is 1. The molecule has 1 aliphatic heterocycles. The van der Waals surface area contributed by atoms with Gasteiger partial charge >= 0.3 is 0 Å². The largest absolute Gasteiger partial charge is 0.496 e. The van der Waals surface area contributed by atoms with Crippen molar-refractivity contribution < 1.29 is 22.9 Å². The lowest BCUT2D eigenvalue weighted by atomic mass is 10.0. The molecule has 0 bridgehead atoms. The molecule has 9 nitrogen and oxygen atoms in total. The number of hydrogen-bond donors (Lipinski definition) is 0. The summed E-state index contributed by atoms with van der Waals surface area (Å²) in [6, 6.07) is 5.82. The van der Waals surface area contributed by atoms with Gasteiger partial charge in [0, 0.05) is 38.3 Å². The van der Waals surface area contributed by atoms with Crippen LogP contribution in [0.3, 0.4) is 0 Å². The van der Waals surface area contributed by atoms with Gasteiger partial charge in [-0.25, -0.2) is 8.42 Å². The van der Waals surface area contributed by atoms with Crippen LogP contribution < -0.4 is 4.74 Å². The molecule has 2 aromatic carbocycles. The van der Waals surface area contributed by atoms with Crippen molar-refractivity contribution in [1.82, 2.24) is 9.21 Å². The van der Waals surface area contributed by atoms with Gasteiger partial charge in [-0.3, -0.25) is 14.9 Å². The minimum absolute atomic E-state index is 0.0824. The molecule has 0 unspecified atom stereocenters. The zero-order chi connectivity index (χ0) is 23.8. The Hall–Kier alpha value is -2.98. The third-order valence-electron chi connectivity index (χ3n) is 6.05. The van der Waals surface area contributed by atoms with Crippen molar-refractivity contribution >= 4 is 21.6 Å². The summed E-state index contributed by atoms with van der Waals surface area (Å²) >= 11 is 0. The highest BCUT2D eigenvalue weighted by Gasteiger charge is 2.34. The average molecular weight is 462 g/mol. The molecule has 0 atom stereocenters. The minimum Gasteiger partial charge on any atom is -0.496 e. The molecule has 1 fully saturated rings. The van der Waals surface area contributed by atoms with Crippen LogP contribution in [0.15, 0.2) is 29.2 Å². The van der Waals surface area contributed by atoms with E-state index in [1.807, 2.05) is 33.8 Å². The van der Waals surface area contributed by atoms with Gasteiger partial charge in [0.2, 0.25) is 10.0 Å². The second-order valence-corrected chi connectivity index (χ2v) is 9.80. The zero-order valence-electron chi connectivity index (χ0n) is 18.8. The quantitative estimate of drug-likeness (QED) is 0.500. The van der Waals surface area contributed by atoms with Crippen molar-refractivity contribution in [2.75, 3.05) is 33.3 Å². The zero-order valence-corrected chi connectivity index (χ0v) is 19.7. The fourth-order valence-electron chi connectivity index (χ4n) is 3.98. The van der Waals surface area contributed by atoms with Crippen LogP contribution in [0.4, 0.5) is 5.69 Å². The van der Waals surface area contributed by atoms with E-state index in [0.29, 0.717) is 4.90 Å². The number of aryl methyl sites for hydroxylation is 2. The third kappa shape index (κ3) is 4.20. The van der Waals surface area contributed by atoms with E-state index in [4.69, 9.17) is 4.74 Å². The highest BCUT2D eigenvalue weighted by molar-refractivity contribution is 7.89. The smallest absolute Gasteiger partial charge is 0.270 e. The van der Waals surface area contributed by atoms with E-state index in [1.165, 1.54) is 34.5 Å². The third-order valence-corrected chi connectivity index (χ3v) is 8.22. The molecule has 0 spiro atoms. The molecule has 0 aliphatic carbocycles. The van der Waals surface area contributed by atoms with Crippen molar-refractivity contribution in [2.24, 2.45) is 0 Å². The fourth-order valence-corrected chi connectivity index (χ4v) is 5.97. The maximum atomic E-state index is 13.4. The van der Waals surface area contributed by atoms with Crippen molar-refractivity contribution in [3.63, 3.8) is 0 Å². The Labute approximate surface area is 187 Å². The molecule has 1 saturated heterocycles. The molecule has 1 amide bonds. The number of piperazine rings is 1. The van der Waals surface area contributed by atoms with Crippen molar-refractivity contribution in [3.8, 4) is 5.75 Å². The summed E-state index contributed by atoms with van der Waals surface area (Å²) in [5, 5.41) is 11.1. The normalized spacial score (nSPS) is 15.0. The monoisotopic (exact) mass is 461 g/mol. The van der Waals surface area contributed by atoms with E-state index in [9.17, 15) is 23.3 Å². The number of sulfonamides is 1. The molecule has 32 heavy (non-hydrogen) atoms. The molecule has 3 rings (SSSR count). The highest BCUT2D eigenvalue weighted by atomic mass is 32.2. The first-order valence-corrected chi connectivity index (χ1v) is 11.6. The topological polar surface area (TPSA) is 110 Å². The van der Waals surface area contributed by atoms with Crippen molar-refractivity contribution in [1.29, 1.82) is 0 Å². The number of methoxy groups -OCH3 is 1. The summed E-state index contributed by atoms with van der Waals surface area (Å²) in [4.78, 5) is 25.4. The Kier molecular flexibility index (Phi) is 6.56. The van der Waals surface area contributed by atoms with Gasteiger partial charge in [-0.15, -0.1) is 0 Å². The molecule has 10 heteroatoms. The lowest BCUT2D eigenvalue weighted by Gasteiger charge is -2.35. The second kappa shape index (κ2) is 8.87. The fraction of sp³-hybridized carbons (Fsp3) is 0.409. The van der Waals surface area contributed by atoms with E-state index < -0.39 is 20.9 Å². The van der Waals surface area contributed by atoms with E-state index in [-0.39, 0.29) is 43.2 Å². The van der Waals surface area contributed by atoms with Gasteiger partial charge in [0.15, 0.2) is 0 Å². The summed E-state index contributed by atoms with van der Waals surface area (Å²) in [7, 11) is -2.35.